The molecule has 1 rings (SSSR count). The second-order valence-corrected chi connectivity index (χ2v) is 3.61. The van der Waals surface area contributed by atoms with Crippen molar-refractivity contribution in [2.75, 3.05) is 19.0 Å². The highest BCUT2D eigenvalue weighted by atomic mass is 16.5. The summed E-state index contributed by atoms with van der Waals surface area (Å²) in [6, 6.07) is -1.52. The van der Waals surface area contributed by atoms with E-state index in [1.165, 1.54) is 19.5 Å². The summed E-state index contributed by atoms with van der Waals surface area (Å²) < 4.78 is 4.83. The lowest BCUT2D eigenvalue weighted by atomic mass is 10.1. The van der Waals surface area contributed by atoms with Gasteiger partial charge in [-0.15, -0.1) is 0 Å². The molecule has 0 saturated carbocycles. The van der Waals surface area contributed by atoms with Crippen LogP contribution in [-0.4, -0.2) is 47.1 Å². The number of carboxylic acids is 1. The number of hydrogen-bond donors (Lipinski definition) is 4. The number of aromatic amines is 1. The molecule has 2 amide bonds. The fourth-order valence-electron chi connectivity index (χ4n) is 1.33. The second-order valence-electron chi connectivity index (χ2n) is 3.61. The van der Waals surface area contributed by atoms with E-state index in [0.717, 1.165) is 0 Å². The molecule has 1 aromatic heterocycles. The van der Waals surface area contributed by atoms with E-state index in [-0.39, 0.29) is 0 Å². The van der Waals surface area contributed by atoms with Gasteiger partial charge in [-0.2, -0.15) is 5.10 Å². The molecule has 1 aromatic rings. The van der Waals surface area contributed by atoms with E-state index in [4.69, 9.17) is 9.84 Å². The molecular formula is C10H16N4O4. The van der Waals surface area contributed by atoms with Gasteiger partial charge in [0.2, 0.25) is 0 Å². The van der Waals surface area contributed by atoms with Gasteiger partial charge in [0.05, 0.1) is 11.9 Å². The fraction of sp³-hybridized carbons (Fsp3) is 0.500. The van der Waals surface area contributed by atoms with Gasteiger partial charge in [-0.05, 0) is 12.8 Å². The van der Waals surface area contributed by atoms with Crippen LogP contribution in [-0.2, 0) is 9.53 Å². The molecule has 8 nitrogen and oxygen atoms in total. The minimum Gasteiger partial charge on any atom is -0.480 e. The Morgan fingerprint density at radius 1 is 1.61 bits per heavy atom. The molecule has 8 heteroatoms. The van der Waals surface area contributed by atoms with Gasteiger partial charge in [-0.1, -0.05) is 0 Å². The molecule has 0 aromatic carbocycles. The van der Waals surface area contributed by atoms with E-state index >= 15 is 0 Å². The topological polar surface area (TPSA) is 116 Å². The standard InChI is InChI=1S/C10H16N4O4/c1-18-4-2-3-8(9(15)16)14-10(17)13-7-5-11-12-6-7/h5-6,8H,2-4H2,1H3,(H,11,12)(H,15,16)(H2,13,14,17). The number of urea groups is 1. The Balaban J connectivity index is 2.40. The van der Waals surface area contributed by atoms with Crippen LogP contribution in [0.2, 0.25) is 0 Å². The number of hydrogen-bond acceptors (Lipinski definition) is 4. The van der Waals surface area contributed by atoms with Crippen molar-refractivity contribution in [3.63, 3.8) is 0 Å². The number of aliphatic carboxylic acids is 1. The van der Waals surface area contributed by atoms with Crippen molar-refractivity contribution in [2.45, 2.75) is 18.9 Å². The zero-order chi connectivity index (χ0) is 13.4. The lowest BCUT2D eigenvalue weighted by Gasteiger charge is -2.14. The van der Waals surface area contributed by atoms with Gasteiger partial charge < -0.3 is 20.5 Å². The Bertz CT molecular complexity index is 379. The summed E-state index contributed by atoms with van der Waals surface area (Å²) in [7, 11) is 1.54. The van der Waals surface area contributed by atoms with Crippen LogP contribution in [0.15, 0.2) is 12.4 Å². The number of nitrogens with one attached hydrogen (secondary N) is 3. The molecule has 0 fully saturated rings. The molecule has 1 atom stereocenters. The zero-order valence-corrected chi connectivity index (χ0v) is 9.97. The second kappa shape index (κ2) is 7.28. The Labute approximate surface area is 104 Å². The highest BCUT2D eigenvalue weighted by molar-refractivity contribution is 5.91. The number of H-pyrrole nitrogens is 1. The van der Waals surface area contributed by atoms with Gasteiger partial charge in [-0.25, -0.2) is 9.59 Å². The molecule has 0 aliphatic carbocycles. The number of anilines is 1. The molecule has 0 aliphatic heterocycles. The molecule has 0 bridgehead atoms. The first kappa shape index (κ1) is 14.0. The molecule has 0 aliphatic rings. The zero-order valence-electron chi connectivity index (χ0n) is 9.97. The highest BCUT2D eigenvalue weighted by Crippen LogP contribution is 2.02. The van der Waals surface area contributed by atoms with Crippen molar-refractivity contribution < 1.29 is 19.4 Å². The minimum atomic E-state index is -1.08. The molecule has 1 unspecified atom stereocenters. The number of methoxy groups -OCH3 is 1. The molecule has 100 valence electrons. The Hall–Kier alpha value is -2.09. The lowest BCUT2D eigenvalue weighted by Crippen LogP contribution is -2.43. The number of amides is 2. The summed E-state index contributed by atoms with van der Waals surface area (Å²) in [5.41, 5.74) is 0.466. The van der Waals surface area contributed by atoms with Crippen LogP contribution < -0.4 is 10.6 Å². The summed E-state index contributed by atoms with van der Waals surface area (Å²) in [5.74, 6) is -1.08. The first-order valence-electron chi connectivity index (χ1n) is 5.41. The lowest BCUT2D eigenvalue weighted by molar-refractivity contribution is -0.139. The van der Waals surface area contributed by atoms with Crippen LogP contribution in [0, 0.1) is 0 Å². The molecule has 4 N–H and O–H groups in total. The van der Waals surface area contributed by atoms with Crippen molar-refractivity contribution in [1.29, 1.82) is 0 Å². The van der Waals surface area contributed by atoms with Crippen molar-refractivity contribution in [3.8, 4) is 0 Å². The quantitative estimate of drug-likeness (QED) is 0.527. The van der Waals surface area contributed by atoms with Crippen LogP contribution in [0.4, 0.5) is 10.5 Å². The van der Waals surface area contributed by atoms with Gasteiger partial charge in [0.1, 0.15) is 6.04 Å². The summed E-state index contributed by atoms with van der Waals surface area (Å²) in [6.07, 6.45) is 3.77. The maximum absolute atomic E-state index is 11.5. The van der Waals surface area contributed by atoms with E-state index in [1.54, 1.807) is 0 Å². The van der Waals surface area contributed by atoms with Crippen molar-refractivity contribution in [3.05, 3.63) is 12.4 Å². The molecule has 0 saturated heterocycles. The number of aromatic nitrogens is 2. The maximum atomic E-state index is 11.5. The van der Waals surface area contributed by atoms with E-state index in [1.807, 2.05) is 0 Å². The first-order chi connectivity index (χ1) is 8.63. The smallest absolute Gasteiger partial charge is 0.326 e. The minimum absolute atomic E-state index is 0.308. The van der Waals surface area contributed by atoms with Crippen LogP contribution in [0.5, 0.6) is 0 Å². The highest BCUT2D eigenvalue weighted by Gasteiger charge is 2.19. The van der Waals surface area contributed by atoms with Crippen LogP contribution in [0.25, 0.3) is 0 Å². The number of carboxylic acid groups (broad SMARTS) is 1. The molecule has 1 heterocycles. The maximum Gasteiger partial charge on any atom is 0.326 e. The van der Waals surface area contributed by atoms with Gasteiger partial charge in [0, 0.05) is 19.9 Å². The molecular weight excluding hydrogens is 240 g/mol. The Kier molecular flexibility index (Phi) is 5.65. The summed E-state index contributed by atoms with van der Waals surface area (Å²) >= 11 is 0. The summed E-state index contributed by atoms with van der Waals surface area (Å²) in [4.78, 5) is 22.4. The number of nitrogens with zero attached hydrogens (tertiary/aromatic N) is 1. The third-order valence-electron chi connectivity index (χ3n) is 2.20. The predicted octanol–water partition coefficient (Wildman–Crippen LogP) is 0.411. The van der Waals surface area contributed by atoms with Crippen molar-refractivity contribution in [2.24, 2.45) is 0 Å². The third-order valence-corrected chi connectivity index (χ3v) is 2.20. The summed E-state index contributed by atoms with van der Waals surface area (Å²) in [5, 5.41) is 19.9. The van der Waals surface area contributed by atoms with E-state index in [9.17, 15) is 9.59 Å². The van der Waals surface area contributed by atoms with Crippen LogP contribution in [0.1, 0.15) is 12.8 Å². The van der Waals surface area contributed by atoms with E-state index in [2.05, 4.69) is 20.8 Å². The summed E-state index contributed by atoms with van der Waals surface area (Å²) in [6.45, 7) is 0.453. The van der Waals surface area contributed by atoms with E-state index < -0.39 is 18.0 Å². The van der Waals surface area contributed by atoms with Gasteiger partial charge in [0.25, 0.3) is 0 Å². The predicted molar refractivity (Wildman–Crippen MR) is 63.3 cm³/mol. The van der Waals surface area contributed by atoms with E-state index in [0.29, 0.717) is 25.1 Å². The monoisotopic (exact) mass is 256 g/mol. The van der Waals surface area contributed by atoms with Gasteiger partial charge in [0.15, 0.2) is 0 Å². The Morgan fingerprint density at radius 3 is 2.94 bits per heavy atom. The van der Waals surface area contributed by atoms with Crippen LogP contribution in [0.3, 0.4) is 0 Å². The Morgan fingerprint density at radius 2 is 2.39 bits per heavy atom. The average molecular weight is 256 g/mol. The third kappa shape index (κ3) is 4.83. The number of ether oxygens (including phenoxy) is 1. The van der Waals surface area contributed by atoms with Gasteiger partial charge in [-0.3, -0.25) is 5.10 Å². The van der Waals surface area contributed by atoms with Crippen molar-refractivity contribution >= 4 is 17.7 Å². The number of carbonyl (C=O) groups excluding carboxylic acids is 1. The first-order valence-corrected chi connectivity index (χ1v) is 5.41. The largest absolute Gasteiger partial charge is 0.480 e. The van der Waals surface area contributed by atoms with Crippen molar-refractivity contribution in [1.82, 2.24) is 15.5 Å². The molecule has 0 radical (unpaired) electrons. The molecule has 18 heavy (non-hydrogen) atoms. The van der Waals surface area contributed by atoms with Crippen LogP contribution >= 0.6 is 0 Å². The molecule has 0 spiro atoms. The fourth-order valence-corrected chi connectivity index (χ4v) is 1.33. The SMILES string of the molecule is COCCCC(NC(=O)Nc1cn[nH]c1)C(=O)O. The normalized spacial score (nSPS) is 11.8. The average Bonchev–Trinajstić information content (AvgIpc) is 2.80. The number of carbonyl (C=O) groups is 2. The van der Waals surface area contributed by atoms with Gasteiger partial charge >= 0.3 is 12.0 Å². The number of rotatable bonds is 7.